The SMILES string of the molecule is Cc1csc2c(C3CCN(C(=O)CN(C)C4CCS(=O)(=O)C4)CC3)nc(C)n12. The van der Waals surface area contributed by atoms with Crippen molar-refractivity contribution in [3.63, 3.8) is 0 Å². The van der Waals surface area contributed by atoms with Crippen LogP contribution in [0, 0.1) is 13.8 Å². The number of fused-ring (bicyclic) bond motifs is 1. The van der Waals surface area contributed by atoms with Crippen LogP contribution in [0.1, 0.15) is 42.4 Å². The Morgan fingerprint density at radius 2 is 2.00 bits per heavy atom. The van der Waals surface area contributed by atoms with Crippen molar-refractivity contribution in [1.82, 2.24) is 19.2 Å². The average Bonchev–Trinajstić information content (AvgIpc) is 3.31. The van der Waals surface area contributed by atoms with E-state index in [1.165, 1.54) is 16.2 Å². The second-order valence-corrected chi connectivity index (χ2v) is 11.3. The van der Waals surface area contributed by atoms with Crippen LogP contribution in [0.4, 0.5) is 0 Å². The van der Waals surface area contributed by atoms with Crippen LogP contribution in [0.15, 0.2) is 5.38 Å². The number of carbonyl (C=O) groups excluding carboxylic acids is 1. The summed E-state index contributed by atoms with van der Waals surface area (Å²) in [4.78, 5) is 22.6. The van der Waals surface area contributed by atoms with Gasteiger partial charge in [0.2, 0.25) is 5.91 Å². The fourth-order valence-corrected chi connectivity index (χ4v) is 7.40. The Bertz CT molecular complexity index is 986. The minimum atomic E-state index is -2.93. The number of aryl methyl sites for hydroxylation is 2. The van der Waals surface area contributed by atoms with Crippen LogP contribution in [-0.2, 0) is 14.6 Å². The molecule has 2 saturated heterocycles. The second kappa shape index (κ2) is 7.42. The van der Waals surface area contributed by atoms with E-state index in [1.54, 1.807) is 11.3 Å². The Balaban J connectivity index is 1.35. The van der Waals surface area contributed by atoms with Gasteiger partial charge >= 0.3 is 0 Å². The molecule has 0 radical (unpaired) electrons. The van der Waals surface area contributed by atoms with Gasteiger partial charge < -0.3 is 4.90 Å². The molecule has 28 heavy (non-hydrogen) atoms. The summed E-state index contributed by atoms with van der Waals surface area (Å²) in [7, 11) is -1.07. The van der Waals surface area contributed by atoms with Crippen LogP contribution in [-0.4, -0.2) is 77.7 Å². The topological polar surface area (TPSA) is 75.0 Å². The van der Waals surface area contributed by atoms with Gasteiger partial charge in [-0.25, -0.2) is 13.4 Å². The van der Waals surface area contributed by atoms with Gasteiger partial charge in [-0.2, -0.15) is 0 Å². The van der Waals surface area contributed by atoms with Crippen molar-refractivity contribution >= 4 is 31.9 Å². The fourth-order valence-electron chi connectivity index (χ4n) is 4.49. The van der Waals surface area contributed by atoms with Crippen LogP contribution < -0.4 is 0 Å². The zero-order chi connectivity index (χ0) is 20.1. The molecule has 7 nitrogen and oxygen atoms in total. The maximum absolute atomic E-state index is 12.7. The number of piperidine rings is 1. The molecule has 1 unspecified atom stereocenters. The van der Waals surface area contributed by atoms with Crippen LogP contribution in [0.2, 0.25) is 0 Å². The fraction of sp³-hybridized carbons (Fsp3) is 0.684. The molecule has 0 N–H and O–H groups in total. The molecule has 0 aliphatic carbocycles. The monoisotopic (exact) mass is 424 g/mol. The van der Waals surface area contributed by atoms with Crippen molar-refractivity contribution < 1.29 is 13.2 Å². The highest BCUT2D eigenvalue weighted by Gasteiger charge is 2.33. The van der Waals surface area contributed by atoms with E-state index in [0.29, 0.717) is 18.9 Å². The van der Waals surface area contributed by atoms with E-state index >= 15 is 0 Å². The summed E-state index contributed by atoms with van der Waals surface area (Å²) in [5, 5.41) is 2.17. The van der Waals surface area contributed by atoms with E-state index < -0.39 is 9.84 Å². The minimum absolute atomic E-state index is 0.0321. The quantitative estimate of drug-likeness (QED) is 0.749. The molecule has 9 heteroatoms. The highest BCUT2D eigenvalue weighted by atomic mass is 32.2. The van der Waals surface area contributed by atoms with Crippen LogP contribution in [0.25, 0.3) is 4.83 Å². The Hall–Kier alpha value is -1.45. The number of likely N-dealkylation sites (tertiary alicyclic amines) is 1. The van der Waals surface area contributed by atoms with Gasteiger partial charge in [0.1, 0.15) is 10.7 Å². The van der Waals surface area contributed by atoms with Gasteiger partial charge in [0.05, 0.1) is 23.7 Å². The molecular weight excluding hydrogens is 396 g/mol. The molecule has 2 aliphatic heterocycles. The molecule has 1 atom stereocenters. The van der Waals surface area contributed by atoms with Gasteiger partial charge in [-0.1, -0.05) is 0 Å². The minimum Gasteiger partial charge on any atom is -0.342 e. The van der Waals surface area contributed by atoms with Gasteiger partial charge in [0, 0.05) is 36.1 Å². The number of rotatable bonds is 4. The Labute approximate surface area is 170 Å². The average molecular weight is 425 g/mol. The number of aromatic nitrogens is 2. The lowest BCUT2D eigenvalue weighted by molar-refractivity contribution is -0.133. The number of thiazole rings is 1. The molecular formula is C19H28N4O3S2. The van der Waals surface area contributed by atoms with E-state index in [1.807, 2.05) is 23.8 Å². The number of hydrogen-bond donors (Lipinski definition) is 0. The lowest BCUT2D eigenvalue weighted by atomic mass is 9.94. The first kappa shape index (κ1) is 19.8. The molecule has 0 aromatic carbocycles. The maximum atomic E-state index is 12.7. The van der Waals surface area contributed by atoms with Crippen molar-refractivity contribution in [3.05, 3.63) is 22.6 Å². The maximum Gasteiger partial charge on any atom is 0.236 e. The lowest BCUT2D eigenvalue weighted by Gasteiger charge is -2.33. The van der Waals surface area contributed by atoms with Crippen LogP contribution >= 0.6 is 11.3 Å². The zero-order valence-electron chi connectivity index (χ0n) is 16.7. The highest BCUT2D eigenvalue weighted by Crippen LogP contribution is 2.34. The van der Waals surface area contributed by atoms with Gasteiger partial charge in [-0.15, -0.1) is 11.3 Å². The van der Waals surface area contributed by atoms with Crippen molar-refractivity contribution in [2.75, 3.05) is 38.2 Å². The standard InChI is InChI=1S/C19H28N4O3S2/c1-13-11-27-19-18(20-14(2)23(13)19)15-4-7-22(8-5-15)17(24)10-21(3)16-6-9-28(25,26)12-16/h11,15-16H,4-10,12H2,1-3H3. The number of sulfone groups is 1. The summed E-state index contributed by atoms with van der Waals surface area (Å²) in [5.41, 5.74) is 2.40. The summed E-state index contributed by atoms with van der Waals surface area (Å²) in [6, 6.07) is -0.0321. The number of amides is 1. The van der Waals surface area contributed by atoms with E-state index in [9.17, 15) is 13.2 Å². The number of carbonyl (C=O) groups is 1. The smallest absolute Gasteiger partial charge is 0.236 e. The number of hydrogen-bond acceptors (Lipinski definition) is 6. The van der Waals surface area contributed by atoms with Crippen molar-refractivity contribution in [2.24, 2.45) is 0 Å². The van der Waals surface area contributed by atoms with Gasteiger partial charge in [-0.3, -0.25) is 14.1 Å². The molecule has 0 bridgehead atoms. The first-order chi connectivity index (χ1) is 13.2. The molecule has 2 aliphatic rings. The lowest BCUT2D eigenvalue weighted by Crippen LogP contribution is -2.45. The zero-order valence-corrected chi connectivity index (χ0v) is 18.4. The normalized spacial score (nSPS) is 23.1. The molecule has 0 saturated carbocycles. The van der Waals surface area contributed by atoms with Gasteiger partial charge in [-0.05, 0) is 40.2 Å². The van der Waals surface area contributed by atoms with Crippen LogP contribution in [0.5, 0.6) is 0 Å². The number of likely N-dealkylation sites (N-methyl/N-ethyl adjacent to an activating group) is 1. The third-order valence-corrected chi connectivity index (χ3v) is 9.00. The van der Waals surface area contributed by atoms with Crippen molar-refractivity contribution in [3.8, 4) is 0 Å². The second-order valence-electron chi connectivity index (χ2n) is 8.19. The van der Waals surface area contributed by atoms with E-state index in [0.717, 1.165) is 31.8 Å². The Kier molecular flexibility index (Phi) is 5.26. The van der Waals surface area contributed by atoms with E-state index in [2.05, 4.69) is 16.7 Å². The predicted molar refractivity (Wildman–Crippen MR) is 111 cm³/mol. The Morgan fingerprint density at radius 1 is 1.29 bits per heavy atom. The predicted octanol–water partition coefficient (Wildman–Crippen LogP) is 1.84. The molecule has 2 aromatic heterocycles. The number of nitrogens with zero attached hydrogens (tertiary/aromatic N) is 4. The molecule has 2 aromatic rings. The summed E-state index contributed by atoms with van der Waals surface area (Å²) in [6.45, 7) is 5.93. The van der Waals surface area contributed by atoms with E-state index in [-0.39, 0.29) is 23.5 Å². The van der Waals surface area contributed by atoms with Crippen molar-refractivity contribution in [1.29, 1.82) is 0 Å². The largest absolute Gasteiger partial charge is 0.342 e. The Morgan fingerprint density at radius 3 is 2.64 bits per heavy atom. The van der Waals surface area contributed by atoms with Gasteiger partial charge in [0.25, 0.3) is 0 Å². The van der Waals surface area contributed by atoms with E-state index in [4.69, 9.17) is 4.98 Å². The third kappa shape index (κ3) is 3.71. The summed E-state index contributed by atoms with van der Waals surface area (Å²) in [6.07, 6.45) is 2.48. The van der Waals surface area contributed by atoms with Crippen molar-refractivity contribution in [2.45, 2.75) is 45.1 Å². The molecule has 0 spiro atoms. The first-order valence-electron chi connectivity index (χ1n) is 9.86. The van der Waals surface area contributed by atoms with Crippen LogP contribution in [0.3, 0.4) is 0 Å². The molecule has 4 rings (SSSR count). The molecule has 154 valence electrons. The summed E-state index contributed by atoms with van der Waals surface area (Å²) >= 11 is 1.75. The summed E-state index contributed by atoms with van der Waals surface area (Å²) in [5.74, 6) is 1.94. The first-order valence-corrected chi connectivity index (χ1v) is 12.6. The molecule has 2 fully saturated rings. The number of imidazole rings is 1. The highest BCUT2D eigenvalue weighted by molar-refractivity contribution is 7.91. The molecule has 1 amide bonds. The van der Waals surface area contributed by atoms with Gasteiger partial charge in [0.15, 0.2) is 9.84 Å². The third-order valence-electron chi connectivity index (χ3n) is 6.17. The summed E-state index contributed by atoms with van der Waals surface area (Å²) < 4.78 is 25.6. The molecule has 4 heterocycles.